The minimum atomic E-state index is -0.571. The molecule has 0 saturated carbocycles. The molecule has 2 aromatic carbocycles. The maximum Gasteiger partial charge on any atom is 0.314 e. The van der Waals surface area contributed by atoms with Crippen molar-refractivity contribution in [3.05, 3.63) is 71.8 Å². The third kappa shape index (κ3) is 4.70. The van der Waals surface area contributed by atoms with Crippen molar-refractivity contribution in [2.45, 2.75) is 44.6 Å². The lowest BCUT2D eigenvalue weighted by Crippen LogP contribution is -2.30. The van der Waals surface area contributed by atoms with E-state index in [1.54, 1.807) is 0 Å². The van der Waals surface area contributed by atoms with Crippen LogP contribution in [0.15, 0.2) is 60.7 Å². The molecule has 0 radical (unpaired) electrons. The average molecular weight is 321 g/mol. The summed E-state index contributed by atoms with van der Waals surface area (Å²) in [6, 6.07) is 21.5. The first kappa shape index (κ1) is 17.7. The number of carbonyl (C=O) groups is 1. The Morgan fingerprint density at radius 2 is 1.50 bits per heavy atom. The van der Waals surface area contributed by atoms with Gasteiger partial charge in [-0.25, -0.2) is 0 Å². The zero-order chi connectivity index (χ0) is 17.6. The summed E-state index contributed by atoms with van der Waals surface area (Å²) < 4.78 is 5.65. The molecular weight excluding hydrogens is 298 g/mol. The smallest absolute Gasteiger partial charge is 0.314 e. The molecular formula is C21H23NO2. The third-order valence-corrected chi connectivity index (χ3v) is 3.76. The Morgan fingerprint density at radius 1 is 1.00 bits per heavy atom. The molecule has 0 aromatic heterocycles. The number of nitriles is 1. The lowest BCUT2D eigenvalue weighted by atomic mass is 9.79. The summed E-state index contributed by atoms with van der Waals surface area (Å²) in [7, 11) is 0. The number of esters is 1. The Morgan fingerprint density at radius 3 is 1.96 bits per heavy atom. The van der Waals surface area contributed by atoms with Gasteiger partial charge in [-0.05, 0) is 31.9 Å². The fraction of sp³-hybridized carbons (Fsp3) is 0.333. The van der Waals surface area contributed by atoms with Crippen LogP contribution in [0, 0.1) is 11.3 Å². The molecule has 0 heterocycles. The Labute approximate surface area is 143 Å². The number of nitrogens with zero attached hydrogens (tertiary/aromatic N) is 1. The summed E-state index contributed by atoms with van der Waals surface area (Å²) in [5.41, 5.74) is 1.27. The van der Waals surface area contributed by atoms with Crippen LogP contribution in [-0.4, -0.2) is 11.6 Å². The maximum absolute atomic E-state index is 12.9. The number of hydrogen-bond donors (Lipinski definition) is 0. The summed E-state index contributed by atoms with van der Waals surface area (Å²) in [5.74, 6) is -1.04. The molecule has 3 heteroatoms. The van der Waals surface area contributed by atoms with Gasteiger partial charge in [0.25, 0.3) is 0 Å². The van der Waals surface area contributed by atoms with Crippen molar-refractivity contribution in [1.82, 2.24) is 0 Å². The van der Waals surface area contributed by atoms with Crippen molar-refractivity contribution in [3.63, 3.8) is 0 Å². The first-order chi connectivity index (χ1) is 11.4. The van der Waals surface area contributed by atoms with Crippen molar-refractivity contribution in [1.29, 1.82) is 5.26 Å². The first-order valence-corrected chi connectivity index (χ1v) is 8.12. The molecule has 0 aliphatic rings. The van der Waals surface area contributed by atoms with Gasteiger partial charge in [0.15, 0.2) is 0 Å². The molecule has 0 bridgehead atoms. The van der Waals surface area contributed by atoms with Gasteiger partial charge < -0.3 is 4.74 Å². The van der Waals surface area contributed by atoms with E-state index in [2.05, 4.69) is 6.07 Å². The van der Waals surface area contributed by atoms with Gasteiger partial charge in [0.1, 0.15) is 5.60 Å². The standard InChI is InChI=1S/C21H23NO2/c1-21(2,3)24-20(23)19(17-12-8-5-9-13-17)18(14-15-22)16-10-6-4-7-11-16/h4-13,18-19H,14H2,1-3H3/t18-,19+/m0/s1. The summed E-state index contributed by atoms with van der Waals surface area (Å²) in [6.45, 7) is 5.57. The van der Waals surface area contributed by atoms with Crippen molar-refractivity contribution in [3.8, 4) is 6.07 Å². The van der Waals surface area contributed by atoms with Crippen molar-refractivity contribution in [2.75, 3.05) is 0 Å². The van der Waals surface area contributed by atoms with Crippen LogP contribution in [0.1, 0.15) is 50.2 Å². The zero-order valence-corrected chi connectivity index (χ0v) is 14.4. The largest absolute Gasteiger partial charge is 0.459 e. The van der Waals surface area contributed by atoms with E-state index in [0.717, 1.165) is 11.1 Å². The molecule has 2 aromatic rings. The van der Waals surface area contributed by atoms with Gasteiger partial charge in [0.05, 0.1) is 12.0 Å². The molecule has 24 heavy (non-hydrogen) atoms. The Hall–Kier alpha value is -2.60. The number of rotatable bonds is 5. The maximum atomic E-state index is 12.9. The van der Waals surface area contributed by atoms with Crippen LogP contribution in [0.4, 0.5) is 0 Å². The Kier molecular flexibility index (Phi) is 5.76. The van der Waals surface area contributed by atoms with Gasteiger partial charge in [-0.2, -0.15) is 5.26 Å². The van der Waals surface area contributed by atoms with Gasteiger partial charge in [-0.3, -0.25) is 4.79 Å². The predicted octanol–water partition coefficient (Wildman–Crippen LogP) is 4.81. The molecule has 0 aliphatic carbocycles. The molecule has 3 nitrogen and oxygen atoms in total. The molecule has 0 aliphatic heterocycles. The predicted molar refractivity (Wildman–Crippen MR) is 94.4 cm³/mol. The molecule has 2 rings (SSSR count). The van der Waals surface area contributed by atoms with Crippen molar-refractivity contribution >= 4 is 5.97 Å². The van der Waals surface area contributed by atoms with Gasteiger partial charge in [-0.15, -0.1) is 0 Å². The van der Waals surface area contributed by atoms with Crippen molar-refractivity contribution < 1.29 is 9.53 Å². The number of benzene rings is 2. The summed E-state index contributed by atoms with van der Waals surface area (Å²) in [5, 5.41) is 9.31. The van der Waals surface area contributed by atoms with E-state index in [1.807, 2.05) is 81.4 Å². The van der Waals surface area contributed by atoms with Gasteiger partial charge >= 0.3 is 5.97 Å². The van der Waals surface area contributed by atoms with E-state index in [-0.39, 0.29) is 18.3 Å². The van der Waals surface area contributed by atoms with Crippen LogP contribution in [-0.2, 0) is 9.53 Å². The Bertz CT molecular complexity index is 696. The number of carbonyl (C=O) groups excluding carboxylic acids is 1. The van der Waals surface area contributed by atoms with Crippen LogP contribution in [0.2, 0.25) is 0 Å². The topological polar surface area (TPSA) is 50.1 Å². The van der Waals surface area contributed by atoms with Crippen molar-refractivity contribution in [2.24, 2.45) is 0 Å². The van der Waals surface area contributed by atoms with Crippen LogP contribution in [0.5, 0.6) is 0 Å². The van der Waals surface area contributed by atoms with Gasteiger partial charge in [0, 0.05) is 12.3 Å². The quantitative estimate of drug-likeness (QED) is 0.743. The van der Waals surface area contributed by atoms with E-state index >= 15 is 0 Å². The summed E-state index contributed by atoms with van der Waals surface area (Å²) in [4.78, 5) is 12.9. The molecule has 0 spiro atoms. The fourth-order valence-electron chi connectivity index (χ4n) is 2.79. The minimum Gasteiger partial charge on any atom is -0.459 e. The number of ether oxygens (including phenoxy) is 1. The molecule has 0 unspecified atom stereocenters. The number of hydrogen-bond acceptors (Lipinski definition) is 3. The van der Waals surface area contributed by atoms with Crippen LogP contribution >= 0.6 is 0 Å². The fourth-order valence-corrected chi connectivity index (χ4v) is 2.79. The minimum absolute atomic E-state index is 0.242. The summed E-state index contributed by atoms with van der Waals surface area (Å²) >= 11 is 0. The molecule has 0 amide bonds. The lowest BCUT2D eigenvalue weighted by Gasteiger charge is -2.29. The summed E-state index contributed by atoms with van der Waals surface area (Å²) in [6.07, 6.45) is 0.253. The van der Waals surface area contributed by atoms with E-state index in [4.69, 9.17) is 4.74 Å². The second-order valence-corrected chi connectivity index (χ2v) is 6.80. The van der Waals surface area contributed by atoms with Crippen LogP contribution < -0.4 is 0 Å². The van der Waals surface area contributed by atoms with Gasteiger partial charge in [0.2, 0.25) is 0 Å². The Balaban J connectivity index is 2.47. The highest BCUT2D eigenvalue weighted by molar-refractivity contribution is 5.80. The van der Waals surface area contributed by atoms with E-state index in [1.165, 1.54) is 0 Å². The zero-order valence-electron chi connectivity index (χ0n) is 14.4. The third-order valence-electron chi connectivity index (χ3n) is 3.76. The van der Waals surface area contributed by atoms with Crippen LogP contribution in [0.3, 0.4) is 0 Å². The highest BCUT2D eigenvalue weighted by Crippen LogP contribution is 2.37. The normalized spacial score (nSPS) is 13.6. The van der Waals surface area contributed by atoms with E-state index < -0.39 is 11.5 Å². The molecule has 0 fully saturated rings. The second kappa shape index (κ2) is 7.79. The first-order valence-electron chi connectivity index (χ1n) is 8.12. The molecule has 124 valence electrons. The lowest BCUT2D eigenvalue weighted by molar-refractivity contribution is -0.157. The van der Waals surface area contributed by atoms with Gasteiger partial charge in [-0.1, -0.05) is 60.7 Å². The SMILES string of the molecule is CC(C)(C)OC(=O)[C@H](c1ccccc1)[C@@H](CC#N)c1ccccc1. The van der Waals surface area contributed by atoms with E-state index in [9.17, 15) is 10.1 Å². The molecule has 2 atom stereocenters. The van der Waals surface area contributed by atoms with Crippen LogP contribution in [0.25, 0.3) is 0 Å². The molecule has 0 N–H and O–H groups in total. The molecule has 0 saturated heterocycles. The highest BCUT2D eigenvalue weighted by Gasteiger charge is 2.34. The highest BCUT2D eigenvalue weighted by atomic mass is 16.6. The second-order valence-electron chi connectivity index (χ2n) is 6.80. The monoisotopic (exact) mass is 321 g/mol. The van der Waals surface area contributed by atoms with E-state index in [0.29, 0.717) is 0 Å². The average Bonchev–Trinajstić information content (AvgIpc) is 2.54.